The molecule has 2 heteroatoms. The van der Waals surface area contributed by atoms with Crippen molar-refractivity contribution in [1.29, 1.82) is 0 Å². The maximum atomic E-state index is 5.81. The molecule has 0 heterocycles. The van der Waals surface area contributed by atoms with E-state index in [1.54, 1.807) is 7.11 Å². The zero-order chi connectivity index (χ0) is 12.5. The smallest absolute Gasteiger partial charge is 0.118 e. The third kappa shape index (κ3) is 5.73. The summed E-state index contributed by atoms with van der Waals surface area (Å²) in [5, 5.41) is 0. The van der Waals surface area contributed by atoms with Gasteiger partial charge in [0.25, 0.3) is 0 Å². The van der Waals surface area contributed by atoms with Crippen molar-refractivity contribution in [1.82, 2.24) is 0 Å². The van der Waals surface area contributed by atoms with Gasteiger partial charge in [0.05, 0.1) is 19.8 Å². The van der Waals surface area contributed by atoms with E-state index < -0.39 is 0 Å². The Hall–Kier alpha value is -1.02. The lowest BCUT2D eigenvalue weighted by atomic mass is 10.1. The van der Waals surface area contributed by atoms with Crippen LogP contribution in [0.25, 0.3) is 0 Å². The van der Waals surface area contributed by atoms with Gasteiger partial charge < -0.3 is 9.47 Å². The van der Waals surface area contributed by atoms with Crippen LogP contribution in [0.2, 0.25) is 0 Å². The molecular weight excluding hydrogens is 212 g/mol. The number of hydrogen-bond acceptors (Lipinski definition) is 2. The number of rotatable bonds is 8. The van der Waals surface area contributed by atoms with Gasteiger partial charge in [-0.2, -0.15) is 0 Å². The highest BCUT2D eigenvalue weighted by atomic mass is 16.5. The van der Waals surface area contributed by atoms with Crippen LogP contribution in [0.4, 0.5) is 0 Å². The molecular formula is C15H24O2. The fourth-order valence-corrected chi connectivity index (χ4v) is 1.73. The zero-order valence-corrected chi connectivity index (χ0v) is 11.2. The molecule has 1 aromatic rings. The molecule has 0 aromatic heterocycles. The first-order chi connectivity index (χ1) is 8.26. The molecule has 0 N–H and O–H groups in total. The fraction of sp³-hybridized carbons (Fsp3) is 0.600. The average Bonchev–Trinajstić information content (AvgIpc) is 2.37. The molecule has 0 amide bonds. The lowest BCUT2D eigenvalue weighted by Gasteiger charge is -2.13. The molecule has 0 bridgehead atoms. The predicted molar refractivity (Wildman–Crippen MR) is 71.4 cm³/mol. The van der Waals surface area contributed by atoms with Crippen LogP contribution < -0.4 is 4.74 Å². The molecule has 0 radical (unpaired) electrons. The van der Waals surface area contributed by atoms with Crippen molar-refractivity contribution in [3.05, 3.63) is 29.8 Å². The van der Waals surface area contributed by atoms with Crippen LogP contribution in [0.3, 0.4) is 0 Å². The van der Waals surface area contributed by atoms with E-state index in [9.17, 15) is 0 Å². The molecule has 0 aliphatic heterocycles. The van der Waals surface area contributed by atoms with E-state index in [0.717, 1.165) is 12.2 Å². The summed E-state index contributed by atoms with van der Waals surface area (Å²) in [6.07, 6.45) is 5.34. The maximum absolute atomic E-state index is 5.81. The Bertz CT molecular complexity index is 292. The highest BCUT2D eigenvalue weighted by Gasteiger charge is 2.02. The summed E-state index contributed by atoms with van der Waals surface area (Å²) in [5.41, 5.74) is 1.20. The van der Waals surface area contributed by atoms with Gasteiger partial charge in [0, 0.05) is 0 Å². The first-order valence-electron chi connectivity index (χ1n) is 6.50. The van der Waals surface area contributed by atoms with E-state index in [1.807, 2.05) is 12.1 Å². The summed E-state index contributed by atoms with van der Waals surface area (Å²) in [6.45, 7) is 5.07. The van der Waals surface area contributed by atoms with Gasteiger partial charge in [0.15, 0.2) is 0 Å². The Morgan fingerprint density at radius 2 is 1.82 bits per heavy atom. The summed E-state index contributed by atoms with van der Waals surface area (Å²) >= 11 is 0. The lowest BCUT2D eigenvalue weighted by Crippen LogP contribution is -2.07. The molecule has 96 valence electrons. The summed E-state index contributed by atoms with van der Waals surface area (Å²) in [6, 6.07) is 8.05. The highest BCUT2D eigenvalue weighted by molar-refractivity contribution is 5.26. The minimum absolute atomic E-state index is 0.351. The van der Waals surface area contributed by atoms with Crippen LogP contribution in [0.1, 0.15) is 45.1 Å². The molecule has 1 unspecified atom stereocenters. The quantitative estimate of drug-likeness (QED) is 0.630. The van der Waals surface area contributed by atoms with Crippen molar-refractivity contribution in [3.63, 3.8) is 0 Å². The number of ether oxygens (including phenoxy) is 2. The van der Waals surface area contributed by atoms with Gasteiger partial charge in [0.2, 0.25) is 0 Å². The van der Waals surface area contributed by atoms with Gasteiger partial charge in [-0.1, -0.05) is 38.3 Å². The first kappa shape index (κ1) is 14.0. The standard InChI is InChI=1S/C15H24O2/c1-4-5-6-7-13(2)17-12-14-8-10-15(16-3)11-9-14/h8-11,13H,4-7,12H2,1-3H3. The van der Waals surface area contributed by atoms with Crippen LogP contribution in [-0.4, -0.2) is 13.2 Å². The summed E-state index contributed by atoms with van der Waals surface area (Å²) in [5.74, 6) is 0.893. The largest absolute Gasteiger partial charge is 0.497 e. The molecule has 1 atom stereocenters. The zero-order valence-electron chi connectivity index (χ0n) is 11.2. The molecule has 0 fully saturated rings. The second-order valence-corrected chi connectivity index (χ2v) is 4.47. The van der Waals surface area contributed by atoms with E-state index in [4.69, 9.17) is 9.47 Å². The second-order valence-electron chi connectivity index (χ2n) is 4.47. The van der Waals surface area contributed by atoms with Crippen LogP contribution in [0, 0.1) is 0 Å². The minimum Gasteiger partial charge on any atom is -0.497 e. The van der Waals surface area contributed by atoms with Crippen molar-refractivity contribution in [3.8, 4) is 5.75 Å². The molecule has 0 saturated carbocycles. The Labute approximate surface area is 105 Å². The number of benzene rings is 1. The van der Waals surface area contributed by atoms with Crippen LogP contribution in [0.5, 0.6) is 5.75 Å². The Morgan fingerprint density at radius 3 is 2.41 bits per heavy atom. The van der Waals surface area contributed by atoms with Gasteiger partial charge in [-0.3, -0.25) is 0 Å². The summed E-state index contributed by atoms with van der Waals surface area (Å²) < 4.78 is 10.9. The molecule has 0 spiro atoms. The van der Waals surface area contributed by atoms with E-state index in [1.165, 1.54) is 24.8 Å². The third-order valence-corrected chi connectivity index (χ3v) is 2.91. The fourth-order valence-electron chi connectivity index (χ4n) is 1.73. The van der Waals surface area contributed by atoms with Crippen molar-refractivity contribution >= 4 is 0 Å². The molecule has 0 aliphatic carbocycles. The van der Waals surface area contributed by atoms with Gasteiger partial charge >= 0.3 is 0 Å². The molecule has 1 aromatic carbocycles. The number of methoxy groups -OCH3 is 1. The van der Waals surface area contributed by atoms with Gasteiger partial charge in [0.1, 0.15) is 5.75 Å². The van der Waals surface area contributed by atoms with Gasteiger partial charge in [-0.05, 0) is 31.0 Å². The number of unbranched alkanes of at least 4 members (excludes halogenated alkanes) is 2. The minimum atomic E-state index is 0.351. The van der Waals surface area contributed by atoms with Gasteiger partial charge in [-0.15, -0.1) is 0 Å². The van der Waals surface area contributed by atoms with Gasteiger partial charge in [-0.25, -0.2) is 0 Å². The SMILES string of the molecule is CCCCCC(C)OCc1ccc(OC)cc1. The number of hydrogen-bond donors (Lipinski definition) is 0. The Morgan fingerprint density at radius 1 is 1.12 bits per heavy atom. The highest BCUT2D eigenvalue weighted by Crippen LogP contribution is 2.14. The molecule has 0 aliphatic rings. The predicted octanol–water partition coefficient (Wildman–Crippen LogP) is 4.18. The van der Waals surface area contributed by atoms with E-state index >= 15 is 0 Å². The average molecular weight is 236 g/mol. The van der Waals surface area contributed by atoms with Crippen LogP contribution >= 0.6 is 0 Å². The maximum Gasteiger partial charge on any atom is 0.118 e. The molecule has 17 heavy (non-hydrogen) atoms. The van der Waals surface area contributed by atoms with Crippen molar-refractivity contribution in [2.75, 3.05) is 7.11 Å². The van der Waals surface area contributed by atoms with E-state index in [0.29, 0.717) is 12.7 Å². The monoisotopic (exact) mass is 236 g/mol. The summed E-state index contributed by atoms with van der Waals surface area (Å²) in [4.78, 5) is 0. The van der Waals surface area contributed by atoms with Crippen molar-refractivity contribution in [2.45, 2.75) is 52.2 Å². The Balaban J connectivity index is 2.24. The third-order valence-electron chi connectivity index (χ3n) is 2.91. The van der Waals surface area contributed by atoms with E-state index in [-0.39, 0.29) is 0 Å². The van der Waals surface area contributed by atoms with E-state index in [2.05, 4.69) is 26.0 Å². The molecule has 0 saturated heterocycles. The molecule has 2 nitrogen and oxygen atoms in total. The first-order valence-corrected chi connectivity index (χ1v) is 6.50. The van der Waals surface area contributed by atoms with Crippen molar-refractivity contribution < 1.29 is 9.47 Å². The molecule has 1 rings (SSSR count). The Kier molecular flexibility index (Phi) is 6.71. The summed E-state index contributed by atoms with van der Waals surface area (Å²) in [7, 11) is 1.68. The lowest BCUT2D eigenvalue weighted by molar-refractivity contribution is 0.0459. The topological polar surface area (TPSA) is 18.5 Å². The van der Waals surface area contributed by atoms with Crippen LogP contribution in [-0.2, 0) is 11.3 Å². The normalized spacial score (nSPS) is 12.4. The second kappa shape index (κ2) is 8.13. The van der Waals surface area contributed by atoms with Crippen LogP contribution in [0.15, 0.2) is 24.3 Å². The van der Waals surface area contributed by atoms with Crippen molar-refractivity contribution in [2.24, 2.45) is 0 Å².